The molecule has 0 saturated heterocycles. The van der Waals surface area contributed by atoms with Crippen molar-refractivity contribution in [2.75, 3.05) is 6.61 Å². The zero-order valence-electron chi connectivity index (χ0n) is 12.0. The van der Waals surface area contributed by atoms with Crippen molar-refractivity contribution in [2.45, 2.75) is 38.8 Å². The number of hydrogen-bond donors (Lipinski definition) is 2. The van der Waals surface area contributed by atoms with Gasteiger partial charge in [-0.1, -0.05) is 30.3 Å². The number of esters is 1. The SMILES string of the molecule is CCOC(=O)C(CCc1ccccc1)N[C@@H](C)C(N)=O. The van der Waals surface area contributed by atoms with Crippen molar-refractivity contribution in [2.24, 2.45) is 5.73 Å². The molecule has 0 heterocycles. The van der Waals surface area contributed by atoms with E-state index in [9.17, 15) is 9.59 Å². The molecule has 1 rings (SSSR count). The minimum absolute atomic E-state index is 0.313. The lowest BCUT2D eigenvalue weighted by Gasteiger charge is -2.20. The molecule has 0 aliphatic heterocycles. The molecule has 5 nitrogen and oxygen atoms in total. The van der Waals surface area contributed by atoms with Gasteiger partial charge in [-0.25, -0.2) is 0 Å². The predicted octanol–water partition coefficient (Wildman–Crippen LogP) is 1.01. The van der Waals surface area contributed by atoms with Crippen molar-refractivity contribution < 1.29 is 14.3 Å². The number of nitrogens with one attached hydrogen (secondary N) is 1. The van der Waals surface area contributed by atoms with Crippen molar-refractivity contribution in [3.05, 3.63) is 35.9 Å². The summed E-state index contributed by atoms with van der Waals surface area (Å²) in [7, 11) is 0. The molecule has 0 aromatic heterocycles. The van der Waals surface area contributed by atoms with Gasteiger partial charge in [-0.2, -0.15) is 0 Å². The highest BCUT2D eigenvalue weighted by Gasteiger charge is 2.23. The predicted molar refractivity (Wildman–Crippen MR) is 77.0 cm³/mol. The first-order chi connectivity index (χ1) is 9.54. The third kappa shape index (κ3) is 5.40. The van der Waals surface area contributed by atoms with E-state index in [-0.39, 0.29) is 5.97 Å². The van der Waals surface area contributed by atoms with Gasteiger partial charge in [0.1, 0.15) is 6.04 Å². The van der Waals surface area contributed by atoms with Crippen molar-refractivity contribution in [1.82, 2.24) is 5.32 Å². The molecular formula is C15H22N2O3. The molecule has 0 spiro atoms. The quantitative estimate of drug-likeness (QED) is 0.695. The average Bonchev–Trinajstić information content (AvgIpc) is 2.44. The van der Waals surface area contributed by atoms with Crippen LogP contribution < -0.4 is 11.1 Å². The lowest BCUT2D eigenvalue weighted by Crippen LogP contribution is -2.48. The Kier molecular flexibility index (Phi) is 6.73. The molecule has 2 atom stereocenters. The number of primary amides is 1. The van der Waals surface area contributed by atoms with Crippen LogP contribution in [0.3, 0.4) is 0 Å². The molecule has 1 amide bonds. The fourth-order valence-electron chi connectivity index (χ4n) is 1.85. The van der Waals surface area contributed by atoms with Gasteiger partial charge in [-0.3, -0.25) is 14.9 Å². The first kappa shape index (κ1) is 16.2. The van der Waals surface area contributed by atoms with Gasteiger partial charge in [0, 0.05) is 0 Å². The lowest BCUT2D eigenvalue weighted by atomic mass is 10.0. The summed E-state index contributed by atoms with van der Waals surface area (Å²) in [6.45, 7) is 3.70. The molecule has 5 heteroatoms. The number of aryl methyl sites for hydroxylation is 1. The third-order valence-corrected chi connectivity index (χ3v) is 3.01. The van der Waals surface area contributed by atoms with Crippen LogP contribution in [0, 0.1) is 0 Å². The van der Waals surface area contributed by atoms with Gasteiger partial charge in [0.15, 0.2) is 0 Å². The number of ether oxygens (including phenoxy) is 1. The largest absolute Gasteiger partial charge is 0.465 e. The normalized spacial score (nSPS) is 13.5. The molecule has 1 unspecified atom stereocenters. The first-order valence-corrected chi connectivity index (χ1v) is 6.80. The van der Waals surface area contributed by atoms with Crippen molar-refractivity contribution >= 4 is 11.9 Å². The number of nitrogens with two attached hydrogens (primary N) is 1. The van der Waals surface area contributed by atoms with Crippen LogP contribution in [0.15, 0.2) is 30.3 Å². The molecule has 1 aromatic carbocycles. The molecule has 20 heavy (non-hydrogen) atoms. The molecule has 1 aromatic rings. The standard InChI is InChI=1S/C15H22N2O3/c1-3-20-15(19)13(17-11(2)14(16)18)10-9-12-7-5-4-6-8-12/h4-8,11,13,17H,3,9-10H2,1-2H3,(H2,16,18)/t11-,13?/m0/s1. The van der Waals surface area contributed by atoms with E-state index < -0.39 is 18.0 Å². The number of hydrogen-bond acceptors (Lipinski definition) is 4. The van der Waals surface area contributed by atoms with Crippen molar-refractivity contribution in [3.63, 3.8) is 0 Å². The highest BCUT2D eigenvalue weighted by atomic mass is 16.5. The Morgan fingerprint density at radius 3 is 2.50 bits per heavy atom. The first-order valence-electron chi connectivity index (χ1n) is 6.80. The smallest absolute Gasteiger partial charge is 0.323 e. The Balaban J connectivity index is 2.62. The third-order valence-electron chi connectivity index (χ3n) is 3.01. The molecule has 0 aliphatic rings. The van der Waals surface area contributed by atoms with Crippen molar-refractivity contribution in [1.29, 1.82) is 0 Å². The highest BCUT2D eigenvalue weighted by molar-refractivity contribution is 5.81. The summed E-state index contributed by atoms with van der Waals surface area (Å²) in [6.07, 6.45) is 1.28. The van der Waals surface area contributed by atoms with Gasteiger partial charge in [-0.05, 0) is 32.3 Å². The molecule has 110 valence electrons. The van der Waals surface area contributed by atoms with Crippen molar-refractivity contribution in [3.8, 4) is 0 Å². The van der Waals surface area contributed by atoms with E-state index in [4.69, 9.17) is 10.5 Å². The lowest BCUT2D eigenvalue weighted by molar-refractivity contribution is -0.146. The Bertz CT molecular complexity index is 434. The van der Waals surface area contributed by atoms with Gasteiger partial charge >= 0.3 is 5.97 Å². The summed E-state index contributed by atoms with van der Waals surface area (Å²) in [5.41, 5.74) is 6.35. The van der Waals surface area contributed by atoms with Gasteiger partial charge in [0.2, 0.25) is 5.91 Å². The fraction of sp³-hybridized carbons (Fsp3) is 0.467. The van der Waals surface area contributed by atoms with E-state index in [0.29, 0.717) is 13.0 Å². The summed E-state index contributed by atoms with van der Waals surface area (Å²) in [5.74, 6) is -0.837. The fourth-order valence-corrected chi connectivity index (χ4v) is 1.85. The van der Waals surface area contributed by atoms with Crippen LogP contribution in [0.25, 0.3) is 0 Å². The van der Waals surface area contributed by atoms with Gasteiger partial charge in [0.05, 0.1) is 12.6 Å². The van der Waals surface area contributed by atoms with Gasteiger partial charge < -0.3 is 10.5 Å². The summed E-state index contributed by atoms with van der Waals surface area (Å²) < 4.78 is 5.02. The second-order valence-corrected chi connectivity index (χ2v) is 4.62. The number of amides is 1. The monoisotopic (exact) mass is 278 g/mol. The summed E-state index contributed by atoms with van der Waals surface area (Å²) in [4.78, 5) is 23.0. The Hall–Kier alpha value is -1.88. The van der Waals surface area contributed by atoms with E-state index >= 15 is 0 Å². The van der Waals surface area contributed by atoms with E-state index in [0.717, 1.165) is 12.0 Å². The second kappa shape index (κ2) is 8.32. The highest BCUT2D eigenvalue weighted by Crippen LogP contribution is 2.07. The molecule has 0 fully saturated rings. The van der Waals surface area contributed by atoms with E-state index in [1.54, 1.807) is 13.8 Å². The van der Waals surface area contributed by atoms with Crippen LogP contribution in [-0.2, 0) is 20.7 Å². The summed E-state index contributed by atoms with van der Waals surface area (Å²) >= 11 is 0. The van der Waals surface area contributed by atoms with Crippen LogP contribution in [0.4, 0.5) is 0 Å². The van der Waals surface area contributed by atoms with Crippen LogP contribution in [0.1, 0.15) is 25.8 Å². The molecule has 0 bridgehead atoms. The minimum atomic E-state index is -0.569. The van der Waals surface area contributed by atoms with Gasteiger partial charge in [-0.15, -0.1) is 0 Å². The maximum Gasteiger partial charge on any atom is 0.323 e. The molecular weight excluding hydrogens is 256 g/mol. The molecule has 0 saturated carbocycles. The van der Waals surface area contributed by atoms with Crippen LogP contribution in [0.5, 0.6) is 0 Å². The molecule has 0 aliphatic carbocycles. The summed E-state index contributed by atoms with van der Waals surface area (Å²) in [5, 5.41) is 2.92. The zero-order valence-corrected chi connectivity index (χ0v) is 12.0. The zero-order chi connectivity index (χ0) is 15.0. The van der Waals surface area contributed by atoms with E-state index in [1.165, 1.54) is 0 Å². The average molecular weight is 278 g/mol. The topological polar surface area (TPSA) is 81.4 Å². The van der Waals surface area contributed by atoms with E-state index in [2.05, 4.69) is 5.32 Å². The van der Waals surface area contributed by atoms with Crippen LogP contribution >= 0.6 is 0 Å². The molecule has 3 N–H and O–H groups in total. The number of benzene rings is 1. The number of carbonyl (C=O) groups excluding carboxylic acids is 2. The Morgan fingerprint density at radius 1 is 1.30 bits per heavy atom. The van der Waals surface area contributed by atoms with Gasteiger partial charge in [0.25, 0.3) is 0 Å². The Labute approximate surface area is 119 Å². The molecule has 0 radical (unpaired) electrons. The Morgan fingerprint density at radius 2 is 1.95 bits per heavy atom. The van der Waals surface area contributed by atoms with E-state index in [1.807, 2.05) is 30.3 Å². The minimum Gasteiger partial charge on any atom is -0.465 e. The second-order valence-electron chi connectivity index (χ2n) is 4.62. The number of carbonyl (C=O) groups is 2. The number of rotatable bonds is 8. The summed E-state index contributed by atoms with van der Waals surface area (Å²) in [6, 6.07) is 8.75. The maximum atomic E-state index is 11.9. The maximum absolute atomic E-state index is 11.9. The van der Waals surface area contributed by atoms with Crippen LogP contribution in [0.2, 0.25) is 0 Å². The van der Waals surface area contributed by atoms with Crippen LogP contribution in [-0.4, -0.2) is 30.6 Å².